The Morgan fingerprint density at radius 1 is 1.13 bits per heavy atom. The molecule has 0 unspecified atom stereocenters. The van der Waals surface area contributed by atoms with Crippen molar-refractivity contribution >= 4 is 27.0 Å². The number of rotatable bonds is 7. The third-order valence-electron chi connectivity index (χ3n) is 4.94. The average Bonchev–Trinajstić information content (AvgIpc) is 2.70. The van der Waals surface area contributed by atoms with Gasteiger partial charge in [-0.1, -0.05) is 31.0 Å². The van der Waals surface area contributed by atoms with E-state index in [1.807, 2.05) is 13.8 Å². The second-order valence-electron chi connectivity index (χ2n) is 7.48. The lowest BCUT2D eigenvalue weighted by atomic mass is 10.0. The zero-order chi connectivity index (χ0) is 22.8. The van der Waals surface area contributed by atoms with Crippen LogP contribution in [0.1, 0.15) is 37.0 Å². The fraction of sp³-hybridized carbons (Fsp3) is 0.304. The Bertz CT molecular complexity index is 1280. The molecule has 0 bridgehead atoms. The van der Waals surface area contributed by atoms with Crippen LogP contribution in [0.2, 0.25) is 0 Å². The smallest absolute Gasteiger partial charge is 0.336 e. The molecule has 7 nitrogen and oxygen atoms in total. The van der Waals surface area contributed by atoms with Gasteiger partial charge >= 0.3 is 11.6 Å². The number of esters is 1. The second kappa shape index (κ2) is 9.03. The summed E-state index contributed by atoms with van der Waals surface area (Å²) in [6.45, 7) is 6.96. The number of ether oxygens (including phenoxy) is 1. The van der Waals surface area contributed by atoms with Gasteiger partial charge in [0.25, 0.3) is 0 Å². The summed E-state index contributed by atoms with van der Waals surface area (Å²) in [6, 6.07) is 10.00. The molecule has 2 aromatic carbocycles. The van der Waals surface area contributed by atoms with Crippen molar-refractivity contribution in [2.45, 2.75) is 51.5 Å². The van der Waals surface area contributed by atoms with Crippen molar-refractivity contribution in [3.05, 3.63) is 69.6 Å². The van der Waals surface area contributed by atoms with Crippen LogP contribution in [0.3, 0.4) is 0 Å². The van der Waals surface area contributed by atoms with Gasteiger partial charge in [0.15, 0.2) is 0 Å². The highest BCUT2D eigenvalue weighted by atomic mass is 32.2. The number of aryl methyl sites for hydroxylation is 3. The Labute approximate surface area is 181 Å². The predicted octanol–water partition coefficient (Wildman–Crippen LogP) is 3.63. The summed E-state index contributed by atoms with van der Waals surface area (Å²) in [5.41, 5.74) is 2.17. The minimum Gasteiger partial charge on any atom is -0.425 e. The molecule has 1 N–H and O–H groups in total. The van der Waals surface area contributed by atoms with Gasteiger partial charge in [-0.2, -0.15) is 4.72 Å². The van der Waals surface area contributed by atoms with Crippen LogP contribution < -0.4 is 15.1 Å². The molecule has 1 aromatic heterocycles. The third kappa shape index (κ3) is 5.03. The maximum Gasteiger partial charge on any atom is 0.336 e. The molecule has 3 aromatic rings. The molecule has 0 spiro atoms. The first-order valence-corrected chi connectivity index (χ1v) is 11.5. The number of nitrogens with one attached hydrogen (secondary N) is 1. The van der Waals surface area contributed by atoms with Crippen LogP contribution in [0.15, 0.2) is 56.6 Å². The second-order valence-corrected chi connectivity index (χ2v) is 9.20. The Balaban J connectivity index is 1.83. The lowest BCUT2D eigenvalue weighted by molar-refractivity contribution is -0.135. The van der Waals surface area contributed by atoms with Gasteiger partial charge in [0.2, 0.25) is 10.0 Å². The SMILES string of the molecule is CCCc1cc(=O)oc2c(C)c(OC(=O)[C@H](C)NS(=O)(=O)c3ccc(C)cc3)ccc12. The molecule has 0 aliphatic heterocycles. The summed E-state index contributed by atoms with van der Waals surface area (Å²) in [6.07, 6.45) is 1.59. The molecule has 0 fully saturated rings. The van der Waals surface area contributed by atoms with Crippen molar-refractivity contribution in [3.63, 3.8) is 0 Å². The van der Waals surface area contributed by atoms with Crippen molar-refractivity contribution < 1.29 is 22.4 Å². The van der Waals surface area contributed by atoms with Gasteiger partial charge in [0.05, 0.1) is 4.90 Å². The van der Waals surface area contributed by atoms with Crippen LogP contribution in [0, 0.1) is 13.8 Å². The van der Waals surface area contributed by atoms with E-state index >= 15 is 0 Å². The number of hydrogen-bond acceptors (Lipinski definition) is 6. The molecule has 0 aliphatic rings. The first-order valence-electron chi connectivity index (χ1n) is 9.99. The molecule has 31 heavy (non-hydrogen) atoms. The van der Waals surface area contributed by atoms with E-state index in [4.69, 9.17) is 9.15 Å². The largest absolute Gasteiger partial charge is 0.425 e. The minimum atomic E-state index is -3.89. The van der Waals surface area contributed by atoms with Gasteiger partial charge in [0.1, 0.15) is 17.4 Å². The summed E-state index contributed by atoms with van der Waals surface area (Å²) < 4.78 is 38.1. The Hall–Kier alpha value is -2.97. The lowest BCUT2D eigenvalue weighted by Crippen LogP contribution is -2.40. The van der Waals surface area contributed by atoms with Crippen LogP contribution in [-0.2, 0) is 21.2 Å². The van der Waals surface area contributed by atoms with Crippen LogP contribution in [0.25, 0.3) is 11.0 Å². The molecule has 3 rings (SSSR count). The minimum absolute atomic E-state index is 0.0601. The van der Waals surface area contributed by atoms with Gasteiger partial charge in [-0.3, -0.25) is 0 Å². The van der Waals surface area contributed by atoms with E-state index in [0.717, 1.165) is 29.4 Å². The van der Waals surface area contributed by atoms with E-state index in [-0.39, 0.29) is 10.6 Å². The highest BCUT2D eigenvalue weighted by Gasteiger charge is 2.24. The Kier molecular flexibility index (Phi) is 6.62. The van der Waals surface area contributed by atoms with Crippen LogP contribution >= 0.6 is 0 Å². The predicted molar refractivity (Wildman–Crippen MR) is 118 cm³/mol. The van der Waals surface area contributed by atoms with Crippen LogP contribution in [0.4, 0.5) is 0 Å². The van der Waals surface area contributed by atoms with Crippen molar-refractivity contribution in [1.29, 1.82) is 0 Å². The summed E-state index contributed by atoms with van der Waals surface area (Å²) in [5.74, 6) is -0.569. The standard InChI is InChI=1S/C23H25NO6S/c1-5-6-17-13-21(25)30-22-15(3)20(12-11-19(17)22)29-23(26)16(4)24-31(27,28)18-9-7-14(2)8-10-18/h7-13,16,24H,5-6H2,1-4H3/t16-/m0/s1. The number of carbonyl (C=O) groups is 1. The quantitative estimate of drug-likeness (QED) is 0.340. The highest BCUT2D eigenvalue weighted by molar-refractivity contribution is 7.89. The highest BCUT2D eigenvalue weighted by Crippen LogP contribution is 2.29. The van der Waals surface area contributed by atoms with Crippen molar-refractivity contribution in [1.82, 2.24) is 4.72 Å². The zero-order valence-electron chi connectivity index (χ0n) is 17.9. The van der Waals surface area contributed by atoms with Gasteiger partial charge < -0.3 is 9.15 Å². The number of fused-ring (bicyclic) bond motifs is 1. The summed E-state index contributed by atoms with van der Waals surface area (Å²) in [7, 11) is -3.89. The molecule has 1 atom stereocenters. The number of carbonyl (C=O) groups excluding carboxylic acids is 1. The van der Waals surface area contributed by atoms with Gasteiger partial charge in [-0.05, 0) is 57.0 Å². The van der Waals surface area contributed by atoms with Crippen LogP contribution in [-0.4, -0.2) is 20.4 Å². The molecule has 1 heterocycles. The molecule has 0 radical (unpaired) electrons. The summed E-state index contributed by atoms with van der Waals surface area (Å²) in [5, 5.41) is 0.784. The zero-order valence-corrected chi connectivity index (χ0v) is 18.7. The number of hydrogen-bond donors (Lipinski definition) is 1. The number of sulfonamides is 1. The third-order valence-corrected chi connectivity index (χ3v) is 6.50. The monoisotopic (exact) mass is 443 g/mol. The fourth-order valence-electron chi connectivity index (χ4n) is 3.26. The number of benzene rings is 2. The molecular weight excluding hydrogens is 418 g/mol. The van der Waals surface area contributed by atoms with Crippen molar-refractivity contribution in [2.75, 3.05) is 0 Å². The van der Waals surface area contributed by atoms with E-state index in [9.17, 15) is 18.0 Å². The summed E-state index contributed by atoms with van der Waals surface area (Å²) in [4.78, 5) is 24.6. The molecule has 0 amide bonds. The normalized spacial score (nSPS) is 12.6. The molecule has 0 saturated heterocycles. The van der Waals surface area contributed by atoms with Crippen molar-refractivity contribution in [3.8, 4) is 5.75 Å². The van der Waals surface area contributed by atoms with Crippen molar-refractivity contribution in [2.24, 2.45) is 0 Å². The van der Waals surface area contributed by atoms with E-state index < -0.39 is 27.7 Å². The lowest BCUT2D eigenvalue weighted by Gasteiger charge is -2.15. The van der Waals surface area contributed by atoms with E-state index in [2.05, 4.69) is 4.72 Å². The maximum absolute atomic E-state index is 12.6. The summed E-state index contributed by atoms with van der Waals surface area (Å²) >= 11 is 0. The fourth-order valence-corrected chi connectivity index (χ4v) is 4.45. The maximum atomic E-state index is 12.6. The van der Waals surface area contributed by atoms with Gasteiger partial charge in [0, 0.05) is 17.0 Å². The Morgan fingerprint density at radius 3 is 2.45 bits per heavy atom. The van der Waals surface area contributed by atoms with E-state index in [0.29, 0.717) is 11.1 Å². The van der Waals surface area contributed by atoms with Gasteiger partial charge in [-0.25, -0.2) is 18.0 Å². The van der Waals surface area contributed by atoms with Gasteiger partial charge in [-0.15, -0.1) is 0 Å². The van der Waals surface area contributed by atoms with E-state index in [1.165, 1.54) is 25.1 Å². The topological polar surface area (TPSA) is 103 Å². The Morgan fingerprint density at radius 2 is 1.81 bits per heavy atom. The first-order chi connectivity index (χ1) is 14.6. The molecule has 0 aliphatic carbocycles. The first kappa shape index (κ1) is 22.7. The molecular formula is C23H25NO6S. The van der Waals surface area contributed by atoms with E-state index in [1.54, 1.807) is 31.2 Å². The molecule has 164 valence electrons. The molecule has 0 saturated carbocycles. The molecule has 8 heteroatoms. The van der Waals surface area contributed by atoms with Crippen LogP contribution in [0.5, 0.6) is 5.75 Å². The average molecular weight is 444 g/mol.